The van der Waals surface area contributed by atoms with Gasteiger partial charge in [-0.3, -0.25) is 0 Å². The monoisotopic (exact) mass is 219 g/mol. The topological polar surface area (TPSA) is 12.0 Å². The second-order valence-electron chi connectivity index (χ2n) is 5.22. The highest BCUT2D eigenvalue weighted by Gasteiger charge is 2.33. The van der Waals surface area contributed by atoms with Gasteiger partial charge in [0.15, 0.2) is 0 Å². The largest absolute Gasteiger partial charge is 0.309 e. The standard InChI is InChI=1S/C14H18FN/c15-13-7-5-12(6-8-13)14(11-3-4-11)16-9-10-1-2-10/h5-8,10-11,14,16H,1-4,9H2. The molecule has 0 aliphatic heterocycles. The molecule has 2 aliphatic rings. The summed E-state index contributed by atoms with van der Waals surface area (Å²) in [5.41, 5.74) is 1.25. The predicted octanol–water partition coefficient (Wildman–Crippen LogP) is 3.28. The maximum Gasteiger partial charge on any atom is 0.123 e. The third kappa shape index (κ3) is 2.43. The average molecular weight is 219 g/mol. The van der Waals surface area contributed by atoms with Crippen LogP contribution < -0.4 is 5.32 Å². The van der Waals surface area contributed by atoms with Crippen LogP contribution in [0.4, 0.5) is 4.39 Å². The van der Waals surface area contributed by atoms with Crippen LogP contribution in [-0.2, 0) is 0 Å². The number of nitrogens with one attached hydrogen (secondary N) is 1. The number of benzene rings is 1. The van der Waals surface area contributed by atoms with Crippen molar-refractivity contribution in [2.24, 2.45) is 11.8 Å². The van der Waals surface area contributed by atoms with Crippen LogP contribution in [-0.4, -0.2) is 6.54 Å². The molecule has 0 radical (unpaired) electrons. The van der Waals surface area contributed by atoms with E-state index >= 15 is 0 Å². The second-order valence-corrected chi connectivity index (χ2v) is 5.22. The smallest absolute Gasteiger partial charge is 0.123 e. The Bertz CT molecular complexity index is 352. The van der Waals surface area contributed by atoms with Crippen molar-refractivity contribution in [2.75, 3.05) is 6.54 Å². The second kappa shape index (κ2) is 4.17. The highest BCUT2D eigenvalue weighted by Crippen LogP contribution is 2.41. The van der Waals surface area contributed by atoms with Gasteiger partial charge in [-0.25, -0.2) is 4.39 Å². The van der Waals surface area contributed by atoms with Gasteiger partial charge >= 0.3 is 0 Å². The maximum atomic E-state index is 12.9. The SMILES string of the molecule is Fc1ccc(C(NCC2CC2)C2CC2)cc1. The fraction of sp³-hybridized carbons (Fsp3) is 0.571. The lowest BCUT2D eigenvalue weighted by molar-refractivity contribution is 0.468. The Hall–Kier alpha value is -0.890. The molecule has 0 amide bonds. The molecule has 2 aliphatic carbocycles. The molecule has 16 heavy (non-hydrogen) atoms. The molecule has 0 bridgehead atoms. The molecule has 0 aromatic heterocycles. The van der Waals surface area contributed by atoms with E-state index < -0.39 is 0 Å². The van der Waals surface area contributed by atoms with Crippen LogP contribution in [0, 0.1) is 17.7 Å². The van der Waals surface area contributed by atoms with E-state index in [9.17, 15) is 4.39 Å². The van der Waals surface area contributed by atoms with E-state index in [4.69, 9.17) is 0 Å². The molecule has 1 nitrogen and oxygen atoms in total. The number of hydrogen-bond acceptors (Lipinski definition) is 1. The first kappa shape index (κ1) is 10.3. The van der Waals surface area contributed by atoms with E-state index in [0.29, 0.717) is 6.04 Å². The summed E-state index contributed by atoms with van der Waals surface area (Å²) < 4.78 is 12.9. The molecule has 1 aromatic rings. The maximum absolute atomic E-state index is 12.9. The summed E-state index contributed by atoms with van der Waals surface area (Å²) in [5, 5.41) is 3.66. The van der Waals surface area contributed by atoms with Crippen molar-refractivity contribution in [1.29, 1.82) is 0 Å². The minimum Gasteiger partial charge on any atom is -0.309 e. The van der Waals surface area contributed by atoms with E-state index in [2.05, 4.69) is 5.32 Å². The fourth-order valence-corrected chi connectivity index (χ4v) is 2.27. The van der Waals surface area contributed by atoms with Crippen LogP contribution >= 0.6 is 0 Å². The zero-order valence-corrected chi connectivity index (χ0v) is 9.45. The van der Waals surface area contributed by atoms with Gasteiger partial charge in [-0.1, -0.05) is 12.1 Å². The minimum absolute atomic E-state index is 0.138. The van der Waals surface area contributed by atoms with Crippen molar-refractivity contribution in [2.45, 2.75) is 31.7 Å². The first-order valence-electron chi connectivity index (χ1n) is 6.32. The summed E-state index contributed by atoms with van der Waals surface area (Å²) in [4.78, 5) is 0. The molecule has 0 heterocycles. The van der Waals surface area contributed by atoms with E-state index in [0.717, 1.165) is 18.4 Å². The Kier molecular flexibility index (Phi) is 2.68. The Morgan fingerprint density at radius 2 is 1.81 bits per heavy atom. The fourth-order valence-electron chi connectivity index (χ4n) is 2.27. The van der Waals surface area contributed by atoms with Crippen molar-refractivity contribution in [3.63, 3.8) is 0 Å². The minimum atomic E-state index is -0.138. The summed E-state index contributed by atoms with van der Waals surface area (Å²) in [6.07, 6.45) is 5.40. The molecular formula is C14H18FN. The Morgan fingerprint density at radius 1 is 1.12 bits per heavy atom. The van der Waals surface area contributed by atoms with Crippen molar-refractivity contribution < 1.29 is 4.39 Å². The average Bonchev–Trinajstić information content (AvgIpc) is 3.15. The van der Waals surface area contributed by atoms with Crippen molar-refractivity contribution in [3.05, 3.63) is 35.6 Å². The zero-order valence-electron chi connectivity index (χ0n) is 9.45. The van der Waals surface area contributed by atoms with Gasteiger partial charge in [-0.05, 0) is 61.8 Å². The van der Waals surface area contributed by atoms with Crippen LogP contribution in [0.3, 0.4) is 0 Å². The Morgan fingerprint density at radius 3 is 2.38 bits per heavy atom. The Labute approximate surface area is 96.1 Å². The normalized spacial score (nSPS) is 22.1. The molecule has 1 unspecified atom stereocenters. The van der Waals surface area contributed by atoms with Gasteiger partial charge in [0.2, 0.25) is 0 Å². The van der Waals surface area contributed by atoms with E-state index in [1.165, 1.54) is 31.2 Å². The first-order valence-corrected chi connectivity index (χ1v) is 6.32. The van der Waals surface area contributed by atoms with E-state index in [-0.39, 0.29) is 5.82 Å². The van der Waals surface area contributed by atoms with Gasteiger partial charge in [0, 0.05) is 6.04 Å². The first-order chi connectivity index (χ1) is 7.83. The third-order valence-corrected chi connectivity index (χ3v) is 3.65. The summed E-state index contributed by atoms with van der Waals surface area (Å²) in [5.74, 6) is 1.55. The molecule has 0 spiro atoms. The molecule has 2 heteroatoms. The predicted molar refractivity (Wildman–Crippen MR) is 62.6 cm³/mol. The number of rotatable bonds is 5. The quantitative estimate of drug-likeness (QED) is 0.801. The Balaban J connectivity index is 1.68. The van der Waals surface area contributed by atoms with Gasteiger partial charge in [-0.15, -0.1) is 0 Å². The van der Waals surface area contributed by atoms with Gasteiger partial charge < -0.3 is 5.32 Å². The highest BCUT2D eigenvalue weighted by molar-refractivity contribution is 5.22. The molecule has 2 fully saturated rings. The number of hydrogen-bond donors (Lipinski definition) is 1. The zero-order chi connectivity index (χ0) is 11.0. The van der Waals surface area contributed by atoms with Crippen molar-refractivity contribution in [3.8, 4) is 0 Å². The summed E-state index contributed by atoms with van der Waals surface area (Å²) in [6, 6.07) is 7.46. The molecule has 1 N–H and O–H groups in total. The lowest BCUT2D eigenvalue weighted by Crippen LogP contribution is -2.25. The van der Waals surface area contributed by atoms with Gasteiger partial charge in [-0.2, -0.15) is 0 Å². The van der Waals surface area contributed by atoms with Crippen molar-refractivity contribution >= 4 is 0 Å². The van der Waals surface area contributed by atoms with Crippen molar-refractivity contribution in [1.82, 2.24) is 5.32 Å². The van der Waals surface area contributed by atoms with Crippen LogP contribution in [0.2, 0.25) is 0 Å². The van der Waals surface area contributed by atoms with Gasteiger partial charge in [0.1, 0.15) is 5.82 Å². The molecule has 1 aromatic carbocycles. The molecule has 1 atom stereocenters. The van der Waals surface area contributed by atoms with E-state index in [1.54, 1.807) is 12.1 Å². The van der Waals surface area contributed by atoms with Crippen LogP contribution in [0.5, 0.6) is 0 Å². The summed E-state index contributed by atoms with van der Waals surface area (Å²) in [6.45, 7) is 1.14. The van der Waals surface area contributed by atoms with Crippen LogP contribution in [0.25, 0.3) is 0 Å². The summed E-state index contributed by atoms with van der Waals surface area (Å²) in [7, 11) is 0. The molecule has 0 saturated heterocycles. The van der Waals surface area contributed by atoms with Crippen LogP contribution in [0.1, 0.15) is 37.3 Å². The van der Waals surface area contributed by atoms with Gasteiger partial charge in [0.25, 0.3) is 0 Å². The highest BCUT2D eigenvalue weighted by atomic mass is 19.1. The number of halogens is 1. The third-order valence-electron chi connectivity index (χ3n) is 3.65. The van der Waals surface area contributed by atoms with Gasteiger partial charge in [0.05, 0.1) is 0 Å². The molecule has 86 valence electrons. The lowest BCUT2D eigenvalue weighted by atomic mass is 10.0. The molecule has 2 saturated carbocycles. The van der Waals surface area contributed by atoms with Crippen LogP contribution in [0.15, 0.2) is 24.3 Å². The molecule has 3 rings (SSSR count). The summed E-state index contributed by atoms with van der Waals surface area (Å²) >= 11 is 0. The molecular weight excluding hydrogens is 201 g/mol. The van der Waals surface area contributed by atoms with E-state index in [1.807, 2.05) is 12.1 Å². The lowest BCUT2D eigenvalue weighted by Gasteiger charge is -2.18.